The Morgan fingerprint density at radius 1 is 1.20 bits per heavy atom. The van der Waals surface area contributed by atoms with Gasteiger partial charge in [0.2, 0.25) is 0 Å². The third-order valence-electron chi connectivity index (χ3n) is 3.51. The van der Waals surface area contributed by atoms with Crippen LogP contribution in [-0.2, 0) is 4.74 Å². The number of hydrogen-bond acceptors (Lipinski definition) is 5. The molecule has 0 aliphatic rings. The second-order valence-electron chi connectivity index (χ2n) is 6.50. The van der Waals surface area contributed by atoms with Crippen molar-refractivity contribution >= 4 is 18.1 Å². The van der Waals surface area contributed by atoms with Gasteiger partial charge in [0.25, 0.3) is 0 Å². The molecule has 1 amide bonds. The van der Waals surface area contributed by atoms with Crippen molar-refractivity contribution in [2.75, 3.05) is 19.1 Å². The smallest absolute Gasteiger partial charge is 0.414 e. The highest BCUT2D eigenvalue weighted by Gasteiger charge is 2.21. The van der Waals surface area contributed by atoms with Gasteiger partial charge in [0, 0.05) is 36.6 Å². The number of aromatic nitrogens is 1. The molecule has 0 N–H and O–H groups in total. The highest BCUT2D eigenvalue weighted by atomic mass is 16.6. The number of carbonyl (C=O) groups excluding carboxylic acids is 2. The number of methoxy groups -OCH3 is 1. The van der Waals surface area contributed by atoms with Crippen LogP contribution < -0.4 is 9.64 Å². The topological polar surface area (TPSA) is 68.7 Å². The van der Waals surface area contributed by atoms with Crippen LogP contribution in [0.4, 0.5) is 10.5 Å². The predicted octanol–water partition coefficient (Wildman–Crippen LogP) is 3.94. The molecule has 1 aromatic heterocycles. The first-order valence-corrected chi connectivity index (χ1v) is 7.81. The van der Waals surface area contributed by atoms with Crippen LogP contribution in [0.2, 0.25) is 0 Å². The number of aldehydes is 1. The van der Waals surface area contributed by atoms with Crippen LogP contribution >= 0.6 is 0 Å². The highest BCUT2D eigenvalue weighted by molar-refractivity contribution is 5.91. The lowest BCUT2D eigenvalue weighted by atomic mass is 10.0. The van der Waals surface area contributed by atoms with Crippen LogP contribution in [0.5, 0.6) is 5.75 Å². The molecule has 0 bridgehead atoms. The molecule has 0 saturated heterocycles. The molecule has 132 valence electrons. The Morgan fingerprint density at radius 2 is 1.92 bits per heavy atom. The van der Waals surface area contributed by atoms with Gasteiger partial charge in [0.05, 0.1) is 12.8 Å². The normalized spacial score (nSPS) is 10.9. The summed E-state index contributed by atoms with van der Waals surface area (Å²) in [7, 11) is 3.17. The molecule has 2 rings (SSSR count). The predicted molar refractivity (Wildman–Crippen MR) is 96.2 cm³/mol. The van der Waals surface area contributed by atoms with Gasteiger partial charge in [0.1, 0.15) is 11.4 Å². The number of nitrogens with zero attached hydrogens (tertiary/aromatic N) is 2. The molecule has 25 heavy (non-hydrogen) atoms. The van der Waals surface area contributed by atoms with Crippen molar-refractivity contribution < 1.29 is 19.1 Å². The quantitative estimate of drug-likeness (QED) is 0.787. The van der Waals surface area contributed by atoms with Crippen LogP contribution in [0.1, 0.15) is 31.1 Å². The third kappa shape index (κ3) is 4.35. The van der Waals surface area contributed by atoms with E-state index in [1.165, 1.54) is 18.2 Å². The van der Waals surface area contributed by atoms with E-state index >= 15 is 0 Å². The van der Waals surface area contributed by atoms with Crippen molar-refractivity contribution in [2.45, 2.75) is 26.4 Å². The van der Waals surface area contributed by atoms with E-state index < -0.39 is 11.7 Å². The molecule has 0 saturated carbocycles. The fourth-order valence-corrected chi connectivity index (χ4v) is 2.29. The minimum absolute atomic E-state index is 0.459. The number of rotatable bonds is 4. The lowest BCUT2D eigenvalue weighted by molar-refractivity contribution is 0.0589. The Kier molecular flexibility index (Phi) is 5.41. The maximum atomic E-state index is 12.2. The third-order valence-corrected chi connectivity index (χ3v) is 3.51. The number of carbonyl (C=O) groups is 2. The van der Waals surface area contributed by atoms with Crippen LogP contribution in [-0.4, -0.2) is 37.1 Å². The molecule has 0 spiro atoms. The Hall–Kier alpha value is -2.89. The molecule has 1 aromatic carbocycles. The minimum atomic E-state index is -0.578. The zero-order valence-corrected chi connectivity index (χ0v) is 15.1. The van der Waals surface area contributed by atoms with Crippen molar-refractivity contribution in [1.82, 2.24) is 4.98 Å². The standard InChI is InChI=1S/C19H22N2O4/c1-19(2,3)25-18(23)21(4)14-6-7-16(17(10-14)24-5)15-8-9-20-11-13(15)12-22/h6-12H,1-5H3. The van der Waals surface area contributed by atoms with Crippen molar-refractivity contribution in [1.29, 1.82) is 0 Å². The number of ether oxygens (including phenoxy) is 2. The second-order valence-corrected chi connectivity index (χ2v) is 6.50. The first-order valence-electron chi connectivity index (χ1n) is 7.81. The first kappa shape index (κ1) is 18.4. The van der Waals surface area contributed by atoms with Gasteiger partial charge in [-0.15, -0.1) is 0 Å². The maximum Gasteiger partial charge on any atom is 0.414 e. The van der Waals surface area contributed by atoms with E-state index in [4.69, 9.17) is 9.47 Å². The van der Waals surface area contributed by atoms with E-state index in [1.54, 1.807) is 37.5 Å². The van der Waals surface area contributed by atoms with Gasteiger partial charge in [-0.3, -0.25) is 14.7 Å². The fraction of sp³-hybridized carbons (Fsp3) is 0.316. The molecule has 6 nitrogen and oxygen atoms in total. The molecular weight excluding hydrogens is 320 g/mol. The summed E-state index contributed by atoms with van der Waals surface area (Å²) in [5, 5.41) is 0. The van der Waals surface area contributed by atoms with Crippen molar-refractivity contribution in [3.63, 3.8) is 0 Å². The van der Waals surface area contributed by atoms with E-state index in [9.17, 15) is 9.59 Å². The Morgan fingerprint density at radius 3 is 2.52 bits per heavy atom. The molecule has 0 fully saturated rings. The maximum absolute atomic E-state index is 12.2. The summed E-state index contributed by atoms with van der Waals surface area (Å²) in [5.74, 6) is 0.544. The summed E-state index contributed by atoms with van der Waals surface area (Å²) in [6, 6.07) is 7.06. The van der Waals surface area contributed by atoms with Gasteiger partial charge in [-0.1, -0.05) is 0 Å². The molecule has 1 heterocycles. The minimum Gasteiger partial charge on any atom is -0.496 e. The van der Waals surface area contributed by atoms with E-state index in [-0.39, 0.29) is 0 Å². The summed E-state index contributed by atoms with van der Waals surface area (Å²) in [5.41, 5.74) is 1.97. The summed E-state index contributed by atoms with van der Waals surface area (Å²) < 4.78 is 10.8. The van der Waals surface area contributed by atoms with Gasteiger partial charge in [-0.2, -0.15) is 0 Å². The molecule has 6 heteroatoms. The van der Waals surface area contributed by atoms with Crippen LogP contribution in [0, 0.1) is 0 Å². The summed E-state index contributed by atoms with van der Waals surface area (Å²) in [4.78, 5) is 28.8. The van der Waals surface area contributed by atoms with Crippen molar-refractivity contribution in [2.24, 2.45) is 0 Å². The number of hydrogen-bond donors (Lipinski definition) is 0. The summed E-state index contributed by atoms with van der Waals surface area (Å²) in [6.07, 6.45) is 3.41. The second kappa shape index (κ2) is 7.34. The van der Waals surface area contributed by atoms with E-state index in [2.05, 4.69) is 4.98 Å². The van der Waals surface area contributed by atoms with Crippen LogP contribution in [0.15, 0.2) is 36.7 Å². The first-order chi connectivity index (χ1) is 11.8. The molecular formula is C19H22N2O4. The SMILES string of the molecule is COc1cc(N(C)C(=O)OC(C)(C)C)ccc1-c1ccncc1C=O. The van der Waals surface area contributed by atoms with E-state index in [0.717, 1.165) is 11.8 Å². The zero-order valence-electron chi connectivity index (χ0n) is 15.1. The number of anilines is 1. The van der Waals surface area contributed by atoms with Gasteiger partial charge < -0.3 is 9.47 Å². The molecule has 0 aliphatic carbocycles. The van der Waals surface area contributed by atoms with Crippen molar-refractivity contribution in [3.8, 4) is 16.9 Å². The van der Waals surface area contributed by atoms with Gasteiger partial charge in [0.15, 0.2) is 6.29 Å². The lowest BCUT2D eigenvalue weighted by Gasteiger charge is -2.25. The highest BCUT2D eigenvalue weighted by Crippen LogP contribution is 2.34. The molecule has 0 aliphatic heterocycles. The van der Waals surface area contributed by atoms with Crippen LogP contribution in [0.25, 0.3) is 11.1 Å². The number of amides is 1. The number of benzene rings is 1. The fourth-order valence-electron chi connectivity index (χ4n) is 2.29. The zero-order chi connectivity index (χ0) is 18.6. The van der Waals surface area contributed by atoms with Gasteiger partial charge in [-0.05, 0) is 44.5 Å². The molecule has 2 aromatic rings. The molecule has 0 atom stereocenters. The monoisotopic (exact) mass is 342 g/mol. The summed E-state index contributed by atoms with van der Waals surface area (Å²) >= 11 is 0. The largest absolute Gasteiger partial charge is 0.496 e. The van der Waals surface area contributed by atoms with Gasteiger partial charge >= 0.3 is 6.09 Å². The summed E-state index contributed by atoms with van der Waals surface area (Å²) in [6.45, 7) is 5.44. The van der Waals surface area contributed by atoms with Crippen molar-refractivity contribution in [3.05, 3.63) is 42.2 Å². The Labute approximate surface area is 147 Å². The van der Waals surface area contributed by atoms with Gasteiger partial charge in [-0.25, -0.2) is 4.79 Å². The average Bonchev–Trinajstić information content (AvgIpc) is 2.59. The molecule has 0 unspecified atom stereocenters. The molecule has 0 radical (unpaired) electrons. The van der Waals surface area contributed by atoms with E-state index in [1.807, 2.05) is 20.8 Å². The Balaban J connectivity index is 2.40. The van der Waals surface area contributed by atoms with E-state index in [0.29, 0.717) is 22.6 Å². The lowest BCUT2D eigenvalue weighted by Crippen LogP contribution is -2.34. The Bertz CT molecular complexity index is 781. The average molecular weight is 342 g/mol. The number of pyridine rings is 1. The van der Waals surface area contributed by atoms with Crippen LogP contribution in [0.3, 0.4) is 0 Å².